The first-order valence-corrected chi connectivity index (χ1v) is 5.63. The van der Waals surface area contributed by atoms with E-state index in [0.717, 1.165) is 11.1 Å². The van der Waals surface area contributed by atoms with Crippen LogP contribution in [0.3, 0.4) is 0 Å². The van der Waals surface area contributed by atoms with E-state index >= 15 is 0 Å². The maximum absolute atomic E-state index is 5.87. The minimum Gasteiger partial charge on any atom is -0.334 e. The number of halogens is 2. The maximum atomic E-state index is 5.87. The molecule has 1 aromatic heterocycles. The van der Waals surface area contributed by atoms with Crippen molar-refractivity contribution in [3.05, 3.63) is 34.6 Å². The van der Waals surface area contributed by atoms with Crippen molar-refractivity contribution in [1.82, 2.24) is 10.1 Å². The molecule has 1 unspecified atom stereocenters. The van der Waals surface area contributed by atoms with Gasteiger partial charge in [-0.05, 0) is 37.6 Å². The first-order valence-electron chi connectivity index (χ1n) is 4.82. The van der Waals surface area contributed by atoms with Gasteiger partial charge >= 0.3 is 0 Å². The molecule has 2 rings (SSSR count). The largest absolute Gasteiger partial charge is 0.334 e. The zero-order valence-electron chi connectivity index (χ0n) is 8.87. The van der Waals surface area contributed by atoms with E-state index in [4.69, 9.17) is 27.7 Å². The van der Waals surface area contributed by atoms with E-state index in [9.17, 15) is 0 Å². The van der Waals surface area contributed by atoms with Crippen LogP contribution in [-0.2, 0) is 0 Å². The van der Waals surface area contributed by atoms with Crippen LogP contribution in [-0.4, -0.2) is 10.1 Å². The predicted octanol–water partition coefficient (Wildman–Crippen LogP) is 4.00. The summed E-state index contributed by atoms with van der Waals surface area (Å²) >= 11 is 11.7. The highest BCUT2D eigenvalue weighted by Crippen LogP contribution is 2.26. The third-order valence-electron chi connectivity index (χ3n) is 2.22. The molecule has 0 fully saturated rings. The van der Waals surface area contributed by atoms with Gasteiger partial charge in [-0.25, -0.2) is 0 Å². The van der Waals surface area contributed by atoms with Crippen LogP contribution >= 0.6 is 23.2 Å². The summed E-state index contributed by atoms with van der Waals surface area (Å²) in [6, 6.07) is 5.50. The lowest BCUT2D eigenvalue weighted by atomic mass is 10.1. The molecule has 1 atom stereocenters. The fourth-order valence-corrected chi connectivity index (χ4v) is 1.69. The molecule has 3 nitrogen and oxygen atoms in total. The van der Waals surface area contributed by atoms with Gasteiger partial charge in [-0.1, -0.05) is 16.8 Å². The van der Waals surface area contributed by atoms with Crippen LogP contribution in [0.1, 0.15) is 23.7 Å². The lowest BCUT2D eigenvalue weighted by Crippen LogP contribution is -1.87. The molecule has 0 aliphatic heterocycles. The third kappa shape index (κ3) is 2.20. The second-order valence-electron chi connectivity index (χ2n) is 3.53. The highest BCUT2D eigenvalue weighted by Gasteiger charge is 2.14. The van der Waals surface area contributed by atoms with E-state index in [1.807, 2.05) is 19.1 Å². The Labute approximate surface area is 103 Å². The summed E-state index contributed by atoms with van der Waals surface area (Å²) in [6.07, 6.45) is 0. The highest BCUT2D eigenvalue weighted by molar-refractivity contribution is 6.30. The Morgan fingerprint density at radius 2 is 2.12 bits per heavy atom. The van der Waals surface area contributed by atoms with E-state index in [-0.39, 0.29) is 5.38 Å². The van der Waals surface area contributed by atoms with Crippen molar-refractivity contribution >= 4 is 23.2 Å². The summed E-state index contributed by atoms with van der Waals surface area (Å²) in [4.78, 5) is 4.22. The van der Waals surface area contributed by atoms with Crippen molar-refractivity contribution in [3.63, 3.8) is 0 Å². The maximum Gasteiger partial charge on any atom is 0.258 e. The SMILES string of the molecule is Cc1cc(Cl)ccc1-c1nc(C(C)Cl)no1. The summed E-state index contributed by atoms with van der Waals surface area (Å²) in [5, 5.41) is 4.23. The van der Waals surface area contributed by atoms with Crippen molar-refractivity contribution < 1.29 is 4.52 Å². The van der Waals surface area contributed by atoms with Gasteiger partial charge < -0.3 is 4.52 Å². The van der Waals surface area contributed by atoms with E-state index in [1.54, 1.807) is 13.0 Å². The van der Waals surface area contributed by atoms with Crippen LogP contribution < -0.4 is 0 Å². The molecule has 0 saturated heterocycles. The van der Waals surface area contributed by atoms with Gasteiger partial charge in [0.05, 0.1) is 5.38 Å². The Hall–Kier alpha value is -1.06. The van der Waals surface area contributed by atoms with Gasteiger partial charge in [0.2, 0.25) is 0 Å². The van der Waals surface area contributed by atoms with Gasteiger partial charge in [0.15, 0.2) is 5.82 Å². The van der Waals surface area contributed by atoms with Crippen molar-refractivity contribution in [2.45, 2.75) is 19.2 Å². The van der Waals surface area contributed by atoms with Crippen LogP contribution in [0.2, 0.25) is 5.02 Å². The van der Waals surface area contributed by atoms with E-state index in [1.165, 1.54) is 0 Å². The highest BCUT2D eigenvalue weighted by atomic mass is 35.5. The van der Waals surface area contributed by atoms with Gasteiger partial charge in [0, 0.05) is 10.6 Å². The topological polar surface area (TPSA) is 38.9 Å². The molecule has 5 heteroatoms. The normalized spacial score (nSPS) is 12.8. The molecule has 0 bridgehead atoms. The number of rotatable bonds is 2. The molecule has 0 aliphatic rings. The minimum absolute atomic E-state index is 0.259. The molecular formula is C11H10Cl2N2O. The van der Waals surface area contributed by atoms with Crippen molar-refractivity contribution in [2.75, 3.05) is 0 Å². The number of hydrogen-bond acceptors (Lipinski definition) is 3. The first kappa shape index (κ1) is 11.4. The molecule has 1 heterocycles. The number of benzene rings is 1. The molecule has 0 radical (unpaired) electrons. The number of nitrogens with zero attached hydrogens (tertiary/aromatic N) is 2. The zero-order valence-corrected chi connectivity index (χ0v) is 10.4. The average molecular weight is 257 g/mol. The van der Waals surface area contributed by atoms with Crippen LogP contribution in [0, 0.1) is 6.92 Å². The fraction of sp³-hybridized carbons (Fsp3) is 0.273. The Morgan fingerprint density at radius 3 is 2.69 bits per heavy atom. The van der Waals surface area contributed by atoms with Crippen LogP contribution in [0.4, 0.5) is 0 Å². The van der Waals surface area contributed by atoms with Crippen molar-refractivity contribution in [1.29, 1.82) is 0 Å². The Balaban J connectivity index is 2.42. The summed E-state index contributed by atoms with van der Waals surface area (Å²) in [7, 11) is 0. The second kappa shape index (κ2) is 4.44. The number of alkyl halides is 1. The second-order valence-corrected chi connectivity index (χ2v) is 4.62. The quantitative estimate of drug-likeness (QED) is 0.763. The van der Waals surface area contributed by atoms with Crippen molar-refractivity contribution in [2.24, 2.45) is 0 Å². The first-order chi connectivity index (χ1) is 7.58. The lowest BCUT2D eigenvalue weighted by Gasteiger charge is -2.00. The van der Waals surface area contributed by atoms with Gasteiger partial charge in [-0.3, -0.25) is 0 Å². The van der Waals surface area contributed by atoms with Crippen molar-refractivity contribution in [3.8, 4) is 11.5 Å². The van der Waals surface area contributed by atoms with E-state index in [2.05, 4.69) is 10.1 Å². The Kier molecular flexibility index (Phi) is 3.17. The fourth-order valence-electron chi connectivity index (χ4n) is 1.37. The minimum atomic E-state index is -0.259. The number of hydrogen-bond donors (Lipinski definition) is 0. The molecule has 16 heavy (non-hydrogen) atoms. The van der Waals surface area contributed by atoms with Gasteiger partial charge in [-0.2, -0.15) is 4.98 Å². The lowest BCUT2D eigenvalue weighted by molar-refractivity contribution is 0.422. The van der Waals surface area contributed by atoms with Gasteiger partial charge in [-0.15, -0.1) is 11.6 Å². The molecule has 1 aromatic carbocycles. The molecule has 0 N–H and O–H groups in total. The molecule has 0 saturated carbocycles. The summed E-state index contributed by atoms with van der Waals surface area (Å²) < 4.78 is 5.14. The molecular weight excluding hydrogens is 247 g/mol. The van der Waals surface area contributed by atoms with Gasteiger partial charge in [0.25, 0.3) is 5.89 Å². The molecule has 84 valence electrons. The van der Waals surface area contributed by atoms with E-state index < -0.39 is 0 Å². The van der Waals surface area contributed by atoms with Gasteiger partial charge in [0.1, 0.15) is 0 Å². The number of aromatic nitrogens is 2. The standard InChI is InChI=1S/C11H10Cl2N2O/c1-6-5-8(13)3-4-9(6)11-14-10(7(2)12)15-16-11/h3-5,7H,1-2H3. The predicted molar refractivity (Wildman–Crippen MR) is 63.7 cm³/mol. The zero-order chi connectivity index (χ0) is 11.7. The van der Waals surface area contributed by atoms with Crippen LogP contribution in [0.25, 0.3) is 11.5 Å². The summed E-state index contributed by atoms with van der Waals surface area (Å²) in [5.41, 5.74) is 1.87. The monoisotopic (exact) mass is 256 g/mol. The van der Waals surface area contributed by atoms with E-state index in [0.29, 0.717) is 16.7 Å². The molecule has 0 aliphatic carbocycles. The van der Waals surface area contributed by atoms with Crippen LogP contribution in [0.5, 0.6) is 0 Å². The molecule has 0 spiro atoms. The number of aryl methyl sites for hydroxylation is 1. The molecule has 0 amide bonds. The Bertz CT molecular complexity index is 508. The molecule has 2 aromatic rings. The van der Waals surface area contributed by atoms with Crippen LogP contribution in [0.15, 0.2) is 22.7 Å². The summed E-state index contributed by atoms with van der Waals surface area (Å²) in [5.74, 6) is 0.961. The smallest absolute Gasteiger partial charge is 0.258 e. The summed E-state index contributed by atoms with van der Waals surface area (Å²) in [6.45, 7) is 3.74. The average Bonchev–Trinajstić information content (AvgIpc) is 2.66. The Morgan fingerprint density at radius 1 is 1.38 bits per heavy atom. The third-order valence-corrected chi connectivity index (χ3v) is 2.65.